The van der Waals surface area contributed by atoms with Crippen molar-refractivity contribution in [3.8, 4) is 0 Å². The number of nitrogens with zero attached hydrogens (tertiary/aromatic N) is 1. The van der Waals surface area contributed by atoms with Gasteiger partial charge in [-0.05, 0) is 30.8 Å². The van der Waals surface area contributed by atoms with Crippen molar-refractivity contribution in [3.05, 3.63) is 23.1 Å². The first-order valence-corrected chi connectivity index (χ1v) is 5.87. The van der Waals surface area contributed by atoms with Crippen LogP contribution < -0.4 is 5.32 Å². The zero-order valence-corrected chi connectivity index (χ0v) is 10.2. The van der Waals surface area contributed by atoms with E-state index >= 15 is 0 Å². The molecule has 1 atom stereocenters. The molecule has 2 rings (SSSR count). The molecule has 5 heteroatoms. The van der Waals surface area contributed by atoms with Crippen molar-refractivity contribution in [1.29, 1.82) is 0 Å². The smallest absolute Gasteiger partial charge is 0.193 e. The fourth-order valence-corrected chi connectivity index (χ4v) is 1.96. The van der Waals surface area contributed by atoms with Crippen LogP contribution in [0.5, 0.6) is 0 Å². The van der Waals surface area contributed by atoms with Crippen LogP contribution in [0, 0.1) is 0 Å². The number of hydrogen-bond acceptors (Lipinski definition) is 4. The Morgan fingerprint density at radius 3 is 3.12 bits per heavy atom. The Bertz CT molecular complexity index is 330. The van der Waals surface area contributed by atoms with Gasteiger partial charge < -0.3 is 19.4 Å². The summed E-state index contributed by atoms with van der Waals surface area (Å²) in [4.78, 5) is 2.28. The van der Waals surface area contributed by atoms with E-state index in [1.54, 1.807) is 6.07 Å². The van der Waals surface area contributed by atoms with Gasteiger partial charge in [-0.1, -0.05) is 0 Å². The van der Waals surface area contributed by atoms with Crippen molar-refractivity contribution in [1.82, 2.24) is 10.2 Å². The molecule has 0 amide bonds. The minimum absolute atomic E-state index is 0.268. The van der Waals surface area contributed by atoms with E-state index in [1.165, 1.54) is 0 Å². The third kappa shape index (κ3) is 3.49. The number of hydrogen-bond donors (Lipinski definition) is 1. The summed E-state index contributed by atoms with van der Waals surface area (Å²) in [6, 6.07) is 3.63. The first kappa shape index (κ1) is 11.9. The van der Waals surface area contributed by atoms with Crippen LogP contribution in [0.25, 0.3) is 0 Å². The van der Waals surface area contributed by atoms with Crippen molar-refractivity contribution in [2.75, 3.05) is 33.3 Å². The lowest BCUT2D eigenvalue weighted by atomic mass is 10.3. The van der Waals surface area contributed by atoms with E-state index < -0.39 is 0 Å². The zero-order valence-electron chi connectivity index (χ0n) is 9.41. The summed E-state index contributed by atoms with van der Waals surface area (Å²) >= 11 is 5.68. The van der Waals surface area contributed by atoms with E-state index in [4.69, 9.17) is 20.8 Å². The lowest BCUT2D eigenvalue weighted by Gasteiger charge is -2.30. The number of furan rings is 1. The number of ether oxygens (including phenoxy) is 1. The number of morpholine rings is 1. The second-order valence-electron chi connectivity index (χ2n) is 4.09. The minimum atomic E-state index is 0.268. The van der Waals surface area contributed by atoms with Gasteiger partial charge in [0.2, 0.25) is 0 Å². The maximum absolute atomic E-state index is 5.68. The highest BCUT2D eigenvalue weighted by molar-refractivity contribution is 6.28. The Labute approximate surface area is 101 Å². The molecule has 1 aliphatic rings. The first-order chi connectivity index (χ1) is 7.74. The highest BCUT2D eigenvalue weighted by Crippen LogP contribution is 2.12. The lowest BCUT2D eigenvalue weighted by molar-refractivity contribution is -0.0183. The minimum Gasteiger partial charge on any atom is -0.448 e. The molecule has 16 heavy (non-hydrogen) atoms. The van der Waals surface area contributed by atoms with Gasteiger partial charge in [0.05, 0.1) is 19.3 Å². The predicted molar refractivity (Wildman–Crippen MR) is 62.7 cm³/mol. The van der Waals surface area contributed by atoms with Crippen LogP contribution in [0.4, 0.5) is 0 Å². The molecule has 1 N–H and O–H groups in total. The van der Waals surface area contributed by atoms with Crippen LogP contribution in [0.3, 0.4) is 0 Å². The molecule has 0 radical (unpaired) electrons. The Hall–Kier alpha value is -0.550. The zero-order chi connectivity index (χ0) is 11.4. The van der Waals surface area contributed by atoms with Crippen LogP contribution in [-0.2, 0) is 11.3 Å². The molecule has 0 aromatic carbocycles. The van der Waals surface area contributed by atoms with Gasteiger partial charge >= 0.3 is 0 Å². The third-order valence-electron chi connectivity index (χ3n) is 2.64. The Morgan fingerprint density at radius 1 is 1.56 bits per heavy atom. The lowest BCUT2D eigenvalue weighted by Crippen LogP contribution is -2.44. The van der Waals surface area contributed by atoms with Crippen LogP contribution >= 0.6 is 11.6 Å². The normalized spacial score (nSPS) is 22.5. The highest BCUT2D eigenvalue weighted by atomic mass is 35.5. The van der Waals surface area contributed by atoms with Crippen molar-refractivity contribution in [3.63, 3.8) is 0 Å². The van der Waals surface area contributed by atoms with E-state index in [0.717, 1.165) is 32.0 Å². The van der Waals surface area contributed by atoms with Crippen molar-refractivity contribution in [2.24, 2.45) is 0 Å². The molecule has 0 aliphatic carbocycles. The van der Waals surface area contributed by atoms with Crippen molar-refractivity contribution in [2.45, 2.75) is 12.6 Å². The molecule has 1 aliphatic heterocycles. The van der Waals surface area contributed by atoms with Gasteiger partial charge in [0.15, 0.2) is 5.22 Å². The topological polar surface area (TPSA) is 37.6 Å². The molecular formula is C11H17ClN2O2. The fourth-order valence-electron chi connectivity index (χ4n) is 1.79. The second kappa shape index (κ2) is 5.68. The highest BCUT2D eigenvalue weighted by Gasteiger charge is 2.16. The summed E-state index contributed by atoms with van der Waals surface area (Å²) in [6.45, 7) is 4.34. The average Bonchev–Trinajstić information content (AvgIpc) is 2.64. The molecule has 1 aromatic rings. The predicted octanol–water partition coefficient (Wildman–Crippen LogP) is 1.35. The number of rotatable bonds is 4. The van der Waals surface area contributed by atoms with Crippen LogP contribution in [-0.4, -0.2) is 44.3 Å². The van der Waals surface area contributed by atoms with E-state index in [9.17, 15) is 0 Å². The molecule has 1 unspecified atom stereocenters. The Balaban J connectivity index is 1.67. The first-order valence-electron chi connectivity index (χ1n) is 5.49. The Morgan fingerprint density at radius 2 is 2.44 bits per heavy atom. The standard InChI is InChI=1S/C11H17ClN2O2/c1-14-4-5-15-10(8-14)7-13-6-9-2-3-11(12)16-9/h2-3,10,13H,4-8H2,1H3. The summed E-state index contributed by atoms with van der Waals surface area (Å²) in [7, 11) is 2.11. The molecule has 0 bridgehead atoms. The summed E-state index contributed by atoms with van der Waals surface area (Å²) in [5, 5.41) is 3.74. The SMILES string of the molecule is CN1CCOC(CNCc2ccc(Cl)o2)C1. The van der Waals surface area contributed by atoms with Gasteiger partial charge in [0, 0.05) is 19.6 Å². The molecule has 1 fully saturated rings. The molecule has 1 saturated heterocycles. The van der Waals surface area contributed by atoms with Gasteiger partial charge in [-0.3, -0.25) is 0 Å². The number of likely N-dealkylation sites (N-methyl/N-ethyl adjacent to an activating group) is 1. The van der Waals surface area contributed by atoms with Crippen molar-refractivity contribution < 1.29 is 9.15 Å². The maximum Gasteiger partial charge on any atom is 0.193 e. The average molecular weight is 245 g/mol. The number of halogens is 1. The fraction of sp³-hybridized carbons (Fsp3) is 0.636. The molecule has 0 saturated carbocycles. The largest absolute Gasteiger partial charge is 0.448 e. The molecular weight excluding hydrogens is 228 g/mol. The second-order valence-corrected chi connectivity index (χ2v) is 4.46. The van der Waals surface area contributed by atoms with E-state index in [-0.39, 0.29) is 6.10 Å². The Kier molecular flexibility index (Phi) is 4.23. The van der Waals surface area contributed by atoms with Gasteiger partial charge in [0.1, 0.15) is 5.76 Å². The summed E-state index contributed by atoms with van der Waals surface area (Å²) < 4.78 is 10.9. The van der Waals surface area contributed by atoms with E-state index in [2.05, 4.69) is 17.3 Å². The maximum atomic E-state index is 5.68. The molecule has 90 valence electrons. The van der Waals surface area contributed by atoms with Gasteiger partial charge in [-0.2, -0.15) is 0 Å². The van der Waals surface area contributed by atoms with Crippen LogP contribution in [0.15, 0.2) is 16.5 Å². The van der Waals surface area contributed by atoms with Gasteiger partial charge in [0.25, 0.3) is 0 Å². The molecule has 1 aromatic heterocycles. The van der Waals surface area contributed by atoms with Gasteiger partial charge in [-0.25, -0.2) is 0 Å². The van der Waals surface area contributed by atoms with Crippen LogP contribution in [0.2, 0.25) is 5.22 Å². The van der Waals surface area contributed by atoms with Crippen molar-refractivity contribution >= 4 is 11.6 Å². The van der Waals surface area contributed by atoms with E-state index in [1.807, 2.05) is 6.07 Å². The third-order valence-corrected chi connectivity index (χ3v) is 2.85. The quantitative estimate of drug-likeness (QED) is 0.868. The summed E-state index contributed by atoms with van der Waals surface area (Å²) in [5.41, 5.74) is 0. The number of nitrogens with one attached hydrogen (secondary N) is 1. The summed E-state index contributed by atoms with van der Waals surface area (Å²) in [6.07, 6.45) is 0.268. The summed E-state index contributed by atoms with van der Waals surface area (Å²) in [5.74, 6) is 0.856. The monoisotopic (exact) mass is 244 g/mol. The molecule has 2 heterocycles. The molecule has 0 spiro atoms. The van der Waals surface area contributed by atoms with Crippen LogP contribution in [0.1, 0.15) is 5.76 Å². The van der Waals surface area contributed by atoms with Gasteiger partial charge in [-0.15, -0.1) is 0 Å². The van der Waals surface area contributed by atoms with E-state index in [0.29, 0.717) is 11.8 Å². The molecule has 4 nitrogen and oxygen atoms in total.